The van der Waals surface area contributed by atoms with Crippen molar-refractivity contribution in [1.82, 2.24) is 4.90 Å². The molecule has 0 amide bonds. The van der Waals surface area contributed by atoms with Gasteiger partial charge in [0.15, 0.2) is 0 Å². The van der Waals surface area contributed by atoms with Gasteiger partial charge in [-0.25, -0.2) is 0 Å². The monoisotopic (exact) mass is 259 g/mol. The molecule has 0 spiro atoms. The first kappa shape index (κ1) is 11.6. The molecule has 0 aromatic heterocycles. The van der Waals surface area contributed by atoms with Crippen molar-refractivity contribution in [3.8, 4) is 5.75 Å². The van der Waals surface area contributed by atoms with Gasteiger partial charge in [-0.05, 0) is 17.2 Å². The van der Waals surface area contributed by atoms with Crippen LogP contribution in [0.2, 0.25) is 5.02 Å². The Hall–Kier alpha value is -1.51. The molecule has 0 radical (unpaired) electrons. The van der Waals surface area contributed by atoms with E-state index < -0.39 is 0 Å². The molecule has 0 fully saturated rings. The van der Waals surface area contributed by atoms with E-state index in [1.807, 2.05) is 12.1 Å². The lowest BCUT2D eigenvalue weighted by Crippen LogP contribution is -2.15. The minimum atomic E-state index is 0.204. The fourth-order valence-electron chi connectivity index (χ4n) is 2.44. The number of nitrogens with zero attached hydrogens (tertiary/aromatic N) is 1. The predicted molar refractivity (Wildman–Crippen MR) is 72.5 cm³/mol. The van der Waals surface area contributed by atoms with Gasteiger partial charge in [0.05, 0.1) is 5.02 Å². The third kappa shape index (κ3) is 2.09. The summed E-state index contributed by atoms with van der Waals surface area (Å²) < 4.78 is 0. The summed E-state index contributed by atoms with van der Waals surface area (Å²) in [6.07, 6.45) is 0. The van der Waals surface area contributed by atoms with Crippen LogP contribution in [0.15, 0.2) is 42.5 Å². The zero-order chi connectivity index (χ0) is 12.5. The molecule has 0 saturated carbocycles. The molecule has 0 unspecified atom stereocenters. The number of benzene rings is 2. The van der Waals surface area contributed by atoms with Crippen LogP contribution in [0, 0.1) is 0 Å². The van der Waals surface area contributed by atoms with E-state index in [1.54, 1.807) is 6.07 Å². The summed E-state index contributed by atoms with van der Waals surface area (Å²) in [5.41, 5.74) is 3.63. The number of phenolic OH excluding ortho intramolecular Hbond substituents is 1. The fraction of sp³-hybridized carbons (Fsp3) is 0.200. The van der Waals surface area contributed by atoms with Gasteiger partial charge in [0.2, 0.25) is 0 Å². The maximum absolute atomic E-state index is 9.92. The SMILES string of the molecule is Oc1c(Cl)cccc1CN1Cc2ccccc2C1. The van der Waals surface area contributed by atoms with E-state index in [0.29, 0.717) is 5.02 Å². The van der Waals surface area contributed by atoms with E-state index in [4.69, 9.17) is 11.6 Å². The van der Waals surface area contributed by atoms with Gasteiger partial charge < -0.3 is 5.11 Å². The van der Waals surface area contributed by atoms with Gasteiger partial charge in [-0.2, -0.15) is 0 Å². The van der Waals surface area contributed by atoms with Gasteiger partial charge in [-0.3, -0.25) is 4.90 Å². The molecule has 2 aromatic rings. The molecule has 92 valence electrons. The normalized spacial score (nSPS) is 14.7. The van der Waals surface area contributed by atoms with E-state index in [-0.39, 0.29) is 5.75 Å². The number of rotatable bonds is 2. The van der Waals surface area contributed by atoms with Crippen molar-refractivity contribution in [2.75, 3.05) is 0 Å². The molecule has 1 N–H and O–H groups in total. The van der Waals surface area contributed by atoms with Crippen molar-refractivity contribution in [2.45, 2.75) is 19.6 Å². The third-order valence-corrected chi connectivity index (χ3v) is 3.68. The van der Waals surface area contributed by atoms with Crippen LogP contribution < -0.4 is 0 Å². The molecule has 3 heteroatoms. The maximum atomic E-state index is 9.92. The zero-order valence-electron chi connectivity index (χ0n) is 9.94. The molecule has 0 atom stereocenters. The number of hydrogen-bond acceptors (Lipinski definition) is 2. The van der Waals surface area contributed by atoms with Gasteiger partial charge >= 0.3 is 0 Å². The third-order valence-electron chi connectivity index (χ3n) is 3.37. The topological polar surface area (TPSA) is 23.5 Å². The van der Waals surface area contributed by atoms with Crippen molar-refractivity contribution in [1.29, 1.82) is 0 Å². The van der Waals surface area contributed by atoms with Crippen LogP contribution in [0.5, 0.6) is 5.75 Å². The highest BCUT2D eigenvalue weighted by Gasteiger charge is 2.19. The zero-order valence-corrected chi connectivity index (χ0v) is 10.7. The Kier molecular flexibility index (Phi) is 2.98. The van der Waals surface area contributed by atoms with E-state index >= 15 is 0 Å². The number of hydrogen-bond donors (Lipinski definition) is 1. The average molecular weight is 260 g/mol. The summed E-state index contributed by atoms with van der Waals surface area (Å²) in [6.45, 7) is 2.59. The lowest BCUT2D eigenvalue weighted by molar-refractivity contribution is 0.271. The van der Waals surface area contributed by atoms with Crippen molar-refractivity contribution < 1.29 is 5.11 Å². The minimum Gasteiger partial charge on any atom is -0.506 e. The highest BCUT2D eigenvalue weighted by Crippen LogP contribution is 2.30. The van der Waals surface area contributed by atoms with Gasteiger partial charge in [0, 0.05) is 25.2 Å². The van der Waals surface area contributed by atoms with Crippen molar-refractivity contribution >= 4 is 11.6 Å². The quantitative estimate of drug-likeness (QED) is 0.891. The Labute approximate surface area is 111 Å². The van der Waals surface area contributed by atoms with Gasteiger partial charge in [-0.15, -0.1) is 0 Å². The maximum Gasteiger partial charge on any atom is 0.138 e. The molecule has 18 heavy (non-hydrogen) atoms. The molecule has 0 aliphatic carbocycles. The summed E-state index contributed by atoms with van der Waals surface area (Å²) in [6, 6.07) is 14.0. The highest BCUT2D eigenvalue weighted by atomic mass is 35.5. The molecule has 1 aliphatic heterocycles. The number of fused-ring (bicyclic) bond motifs is 1. The fourth-order valence-corrected chi connectivity index (χ4v) is 2.64. The second kappa shape index (κ2) is 4.63. The Morgan fingerprint density at radius 2 is 1.67 bits per heavy atom. The number of halogens is 1. The van der Waals surface area contributed by atoms with Crippen molar-refractivity contribution in [3.63, 3.8) is 0 Å². The highest BCUT2D eigenvalue weighted by molar-refractivity contribution is 6.32. The first-order valence-corrected chi connectivity index (χ1v) is 6.37. The first-order valence-electron chi connectivity index (χ1n) is 5.99. The molecule has 2 aromatic carbocycles. The molecule has 3 rings (SSSR count). The van der Waals surface area contributed by atoms with Crippen LogP contribution in [0.4, 0.5) is 0 Å². The first-order chi connectivity index (χ1) is 8.74. The van der Waals surface area contributed by atoms with Crippen LogP contribution in [0.25, 0.3) is 0 Å². The van der Waals surface area contributed by atoms with E-state index in [9.17, 15) is 5.11 Å². The molecular formula is C15H14ClNO. The van der Waals surface area contributed by atoms with Crippen LogP contribution in [-0.2, 0) is 19.6 Å². The lowest BCUT2D eigenvalue weighted by atomic mass is 10.1. The Morgan fingerprint density at radius 1 is 1.00 bits per heavy atom. The Morgan fingerprint density at radius 3 is 2.33 bits per heavy atom. The number of phenols is 1. The smallest absolute Gasteiger partial charge is 0.138 e. The van der Waals surface area contributed by atoms with E-state index in [2.05, 4.69) is 29.2 Å². The molecule has 0 saturated heterocycles. The van der Waals surface area contributed by atoms with Crippen LogP contribution >= 0.6 is 11.6 Å². The predicted octanol–water partition coefficient (Wildman–Crippen LogP) is 3.56. The van der Waals surface area contributed by atoms with Gasteiger partial charge in [0.1, 0.15) is 5.75 Å². The summed E-state index contributed by atoms with van der Waals surface area (Å²) >= 11 is 5.92. The summed E-state index contributed by atoms with van der Waals surface area (Å²) in [4.78, 5) is 2.30. The minimum absolute atomic E-state index is 0.204. The largest absolute Gasteiger partial charge is 0.506 e. The Balaban J connectivity index is 1.78. The molecule has 1 aliphatic rings. The van der Waals surface area contributed by atoms with E-state index in [0.717, 1.165) is 25.2 Å². The van der Waals surface area contributed by atoms with Crippen LogP contribution in [-0.4, -0.2) is 10.0 Å². The number of para-hydroxylation sites is 1. The summed E-state index contributed by atoms with van der Waals surface area (Å²) in [5, 5.41) is 10.3. The second-order valence-corrected chi connectivity index (χ2v) is 5.07. The molecule has 2 nitrogen and oxygen atoms in total. The van der Waals surface area contributed by atoms with E-state index in [1.165, 1.54) is 11.1 Å². The molecule has 1 heterocycles. The summed E-state index contributed by atoms with van der Waals surface area (Å²) in [5.74, 6) is 0.204. The van der Waals surface area contributed by atoms with Crippen molar-refractivity contribution in [2.24, 2.45) is 0 Å². The molecule has 0 bridgehead atoms. The second-order valence-electron chi connectivity index (χ2n) is 4.66. The van der Waals surface area contributed by atoms with Crippen molar-refractivity contribution in [3.05, 3.63) is 64.2 Å². The average Bonchev–Trinajstić information content (AvgIpc) is 2.77. The number of aromatic hydroxyl groups is 1. The van der Waals surface area contributed by atoms with Crippen LogP contribution in [0.1, 0.15) is 16.7 Å². The van der Waals surface area contributed by atoms with Gasteiger partial charge in [-0.1, -0.05) is 48.0 Å². The summed E-state index contributed by atoms with van der Waals surface area (Å²) in [7, 11) is 0. The van der Waals surface area contributed by atoms with Crippen LogP contribution in [0.3, 0.4) is 0 Å². The Bertz CT molecular complexity index is 557. The van der Waals surface area contributed by atoms with Gasteiger partial charge in [0.25, 0.3) is 0 Å². The standard InChI is InChI=1S/C15H14ClNO/c16-14-7-3-6-13(15(14)18)10-17-8-11-4-1-2-5-12(11)9-17/h1-7,18H,8-10H2. The molecular weight excluding hydrogens is 246 g/mol. The lowest BCUT2D eigenvalue weighted by Gasteiger charge is -2.16.